The van der Waals surface area contributed by atoms with Crippen molar-refractivity contribution in [3.63, 3.8) is 0 Å². The number of aryl methyl sites for hydroxylation is 1. The lowest BCUT2D eigenvalue weighted by atomic mass is 10.1. The molecule has 21 heavy (non-hydrogen) atoms. The van der Waals surface area contributed by atoms with Gasteiger partial charge < -0.3 is 20.1 Å². The van der Waals surface area contributed by atoms with Gasteiger partial charge in [0.1, 0.15) is 5.75 Å². The first kappa shape index (κ1) is 16.8. The Kier molecular flexibility index (Phi) is 7.08. The highest BCUT2D eigenvalue weighted by Gasteiger charge is 2.06. The minimum absolute atomic E-state index is 0.0519. The summed E-state index contributed by atoms with van der Waals surface area (Å²) < 4.78 is 10.2. The standard InChI is InChI=1S/C15H22N2O4/c1-4-20-15(19)17-9-8-16-14(18)10-21-13-7-5-6-11(2)12(13)3/h5-7H,4,8-10H2,1-3H3,(H,16,18)(H,17,19). The van der Waals surface area contributed by atoms with Crippen molar-refractivity contribution in [2.75, 3.05) is 26.3 Å². The topological polar surface area (TPSA) is 76.7 Å². The van der Waals surface area contributed by atoms with E-state index in [2.05, 4.69) is 10.6 Å². The first-order valence-electron chi connectivity index (χ1n) is 6.91. The molecule has 0 atom stereocenters. The highest BCUT2D eigenvalue weighted by molar-refractivity contribution is 5.77. The van der Waals surface area contributed by atoms with Crippen LogP contribution in [-0.2, 0) is 9.53 Å². The highest BCUT2D eigenvalue weighted by atomic mass is 16.5. The molecule has 116 valence electrons. The number of hydrogen-bond acceptors (Lipinski definition) is 4. The lowest BCUT2D eigenvalue weighted by Crippen LogP contribution is -2.37. The van der Waals surface area contributed by atoms with E-state index in [4.69, 9.17) is 9.47 Å². The molecule has 0 aliphatic rings. The first-order valence-corrected chi connectivity index (χ1v) is 6.91. The molecule has 1 aromatic carbocycles. The zero-order valence-electron chi connectivity index (χ0n) is 12.7. The van der Waals surface area contributed by atoms with Crippen LogP contribution in [0.2, 0.25) is 0 Å². The highest BCUT2D eigenvalue weighted by Crippen LogP contribution is 2.20. The Hall–Kier alpha value is -2.24. The molecule has 1 aromatic rings. The van der Waals surface area contributed by atoms with Crippen molar-refractivity contribution in [1.29, 1.82) is 0 Å². The summed E-state index contributed by atoms with van der Waals surface area (Å²) in [6, 6.07) is 5.71. The number of alkyl carbamates (subject to hydrolysis) is 1. The van der Waals surface area contributed by atoms with Crippen LogP contribution in [-0.4, -0.2) is 38.3 Å². The zero-order valence-corrected chi connectivity index (χ0v) is 12.7. The fourth-order valence-electron chi connectivity index (χ4n) is 1.62. The summed E-state index contributed by atoms with van der Waals surface area (Å²) in [5, 5.41) is 5.16. The van der Waals surface area contributed by atoms with Crippen molar-refractivity contribution < 1.29 is 19.1 Å². The number of ether oxygens (including phenoxy) is 2. The molecule has 0 aliphatic heterocycles. The molecule has 0 spiro atoms. The molecule has 0 aliphatic carbocycles. The van der Waals surface area contributed by atoms with Gasteiger partial charge in [-0.3, -0.25) is 4.79 Å². The Labute approximate surface area is 124 Å². The third-order valence-corrected chi connectivity index (χ3v) is 2.91. The Bertz CT molecular complexity index is 489. The van der Waals surface area contributed by atoms with E-state index in [1.54, 1.807) is 6.92 Å². The summed E-state index contributed by atoms with van der Waals surface area (Å²) in [4.78, 5) is 22.6. The summed E-state index contributed by atoms with van der Waals surface area (Å²) in [7, 11) is 0. The van der Waals surface area contributed by atoms with Gasteiger partial charge in [0, 0.05) is 13.1 Å². The van der Waals surface area contributed by atoms with E-state index in [1.807, 2.05) is 32.0 Å². The fraction of sp³-hybridized carbons (Fsp3) is 0.467. The summed E-state index contributed by atoms with van der Waals surface area (Å²) in [5.41, 5.74) is 2.14. The van der Waals surface area contributed by atoms with Gasteiger partial charge in [-0.15, -0.1) is 0 Å². The molecule has 0 bridgehead atoms. The maximum Gasteiger partial charge on any atom is 0.407 e. The summed E-state index contributed by atoms with van der Waals surface area (Å²) in [6.07, 6.45) is -0.488. The van der Waals surface area contributed by atoms with E-state index < -0.39 is 6.09 Å². The van der Waals surface area contributed by atoms with Crippen molar-refractivity contribution in [2.24, 2.45) is 0 Å². The van der Waals surface area contributed by atoms with E-state index in [-0.39, 0.29) is 12.5 Å². The summed E-state index contributed by atoms with van der Waals surface area (Å²) >= 11 is 0. The maximum atomic E-state index is 11.6. The molecule has 2 amide bonds. The van der Waals surface area contributed by atoms with E-state index in [0.717, 1.165) is 11.1 Å². The molecule has 0 saturated heterocycles. The van der Waals surface area contributed by atoms with Gasteiger partial charge in [-0.25, -0.2) is 4.79 Å². The lowest BCUT2D eigenvalue weighted by molar-refractivity contribution is -0.123. The number of hydrogen-bond donors (Lipinski definition) is 2. The molecular formula is C15H22N2O4. The normalized spacial score (nSPS) is 9.86. The van der Waals surface area contributed by atoms with Crippen molar-refractivity contribution in [3.8, 4) is 5.75 Å². The van der Waals surface area contributed by atoms with Gasteiger partial charge in [0.15, 0.2) is 6.61 Å². The van der Waals surface area contributed by atoms with Crippen LogP contribution in [0.3, 0.4) is 0 Å². The smallest absolute Gasteiger partial charge is 0.407 e. The fourth-order valence-corrected chi connectivity index (χ4v) is 1.62. The van der Waals surface area contributed by atoms with Crippen molar-refractivity contribution in [2.45, 2.75) is 20.8 Å². The van der Waals surface area contributed by atoms with Crippen LogP contribution in [0.15, 0.2) is 18.2 Å². The van der Waals surface area contributed by atoms with Gasteiger partial charge in [-0.1, -0.05) is 12.1 Å². The number of carbonyl (C=O) groups excluding carboxylic acids is 2. The second-order valence-corrected chi connectivity index (χ2v) is 4.48. The van der Waals surface area contributed by atoms with Crippen LogP contribution in [0, 0.1) is 13.8 Å². The molecule has 6 nitrogen and oxygen atoms in total. The minimum atomic E-state index is -0.488. The second kappa shape index (κ2) is 8.84. The third kappa shape index (κ3) is 6.16. The van der Waals surface area contributed by atoms with Crippen LogP contribution in [0.4, 0.5) is 4.79 Å². The average Bonchev–Trinajstić information content (AvgIpc) is 2.45. The van der Waals surface area contributed by atoms with Crippen molar-refractivity contribution in [1.82, 2.24) is 10.6 Å². The number of carbonyl (C=O) groups is 2. The van der Waals surface area contributed by atoms with Crippen LogP contribution < -0.4 is 15.4 Å². The van der Waals surface area contributed by atoms with Crippen LogP contribution in [0.5, 0.6) is 5.75 Å². The van der Waals surface area contributed by atoms with Gasteiger partial charge in [0.2, 0.25) is 0 Å². The predicted molar refractivity (Wildman–Crippen MR) is 79.4 cm³/mol. The van der Waals surface area contributed by atoms with Crippen LogP contribution >= 0.6 is 0 Å². The Morgan fingerprint density at radius 3 is 2.57 bits per heavy atom. The number of rotatable bonds is 7. The molecule has 6 heteroatoms. The van der Waals surface area contributed by atoms with Crippen LogP contribution in [0.1, 0.15) is 18.1 Å². The largest absolute Gasteiger partial charge is 0.483 e. The number of amides is 2. The van der Waals surface area contributed by atoms with Crippen molar-refractivity contribution in [3.05, 3.63) is 29.3 Å². The molecular weight excluding hydrogens is 272 g/mol. The molecule has 0 fully saturated rings. The Morgan fingerprint density at radius 1 is 1.14 bits per heavy atom. The van der Waals surface area contributed by atoms with Gasteiger partial charge in [-0.05, 0) is 38.0 Å². The van der Waals surface area contributed by atoms with Crippen molar-refractivity contribution >= 4 is 12.0 Å². The summed E-state index contributed by atoms with van der Waals surface area (Å²) in [5.74, 6) is 0.469. The number of benzene rings is 1. The molecule has 0 heterocycles. The predicted octanol–water partition coefficient (Wildman–Crippen LogP) is 1.54. The second-order valence-electron chi connectivity index (χ2n) is 4.48. The monoisotopic (exact) mass is 294 g/mol. The Morgan fingerprint density at radius 2 is 1.86 bits per heavy atom. The molecule has 0 radical (unpaired) electrons. The molecule has 1 rings (SSSR count). The first-order chi connectivity index (χ1) is 10.0. The van der Waals surface area contributed by atoms with Crippen LogP contribution in [0.25, 0.3) is 0 Å². The lowest BCUT2D eigenvalue weighted by Gasteiger charge is -2.11. The zero-order chi connectivity index (χ0) is 15.7. The average molecular weight is 294 g/mol. The van der Waals surface area contributed by atoms with Gasteiger partial charge in [0.25, 0.3) is 5.91 Å². The van der Waals surface area contributed by atoms with E-state index in [1.165, 1.54) is 0 Å². The quantitative estimate of drug-likeness (QED) is 0.748. The number of nitrogens with one attached hydrogen (secondary N) is 2. The van der Waals surface area contributed by atoms with Gasteiger partial charge in [0.05, 0.1) is 6.61 Å². The maximum absolute atomic E-state index is 11.6. The Balaban J connectivity index is 2.22. The van der Waals surface area contributed by atoms with E-state index in [9.17, 15) is 9.59 Å². The molecule has 2 N–H and O–H groups in total. The third-order valence-electron chi connectivity index (χ3n) is 2.91. The molecule has 0 unspecified atom stereocenters. The SMILES string of the molecule is CCOC(=O)NCCNC(=O)COc1cccc(C)c1C. The molecule has 0 saturated carbocycles. The molecule has 0 aromatic heterocycles. The van der Waals surface area contributed by atoms with Gasteiger partial charge >= 0.3 is 6.09 Å². The van der Waals surface area contributed by atoms with Gasteiger partial charge in [-0.2, -0.15) is 0 Å². The van der Waals surface area contributed by atoms with E-state index in [0.29, 0.717) is 25.4 Å². The van der Waals surface area contributed by atoms with E-state index >= 15 is 0 Å². The minimum Gasteiger partial charge on any atom is -0.483 e. The summed E-state index contributed by atoms with van der Waals surface area (Å²) in [6.45, 7) is 6.58.